The van der Waals surface area contributed by atoms with Crippen LogP contribution in [0.2, 0.25) is 0 Å². The SMILES string of the molecule is Cc1cccc(Cn2c(C(=O)NCC3(C)CCCO3)cc3cc(NC(=O)c4ccc(C(F)(F)F)cc4)ccc32)c1. The Kier molecular flexibility index (Phi) is 7.42. The first-order valence-corrected chi connectivity index (χ1v) is 13.1. The second-order valence-electron chi connectivity index (χ2n) is 10.5. The standard InChI is InChI=1S/C31H30F3N3O3/c1-20-5-3-6-21(15-20)18-37-26-12-11-25(36-28(38)22-7-9-24(10-8-22)31(32,33)34)16-23(26)17-27(37)29(39)35-19-30(2)13-4-14-40-30/h3,5-12,15-17H,4,13-14,18-19H2,1-2H3,(H,35,39)(H,36,38). The van der Waals surface area contributed by atoms with E-state index in [-0.39, 0.29) is 11.5 Å². The van der Waals surface area contributed by atoms with E-state index in [2.05, 4.69) is 16.7 Å². The normalized spacial score (nSPS) is 17.2. The van der Waals surface area contributed by atoms with Crippen LogP contribution in [-0.2, 0) is 17.5 Å². The van der Waals surface area contributed by atoms with Crippen molar-refractivity contribution in [3.05, 3.63) is 101 Å². The molecule has 0 saturated carbocycles. The van der Waals surface area contributed by atoms with E-state index in [1.165, 1.54) is 0 Å². The summed E-state index contributed by atoms with van der Waals surface area (Å²) in [6.07, 6.45) is -2.64. The number of nitrogens with one attached hydrogen (secondary N) is 2. The zero-order chi connectivity index (χ0) is 28.5. The Morgan fingerprint density at radius 2 is 1.77 bits per heavy atom. The molecule has 1 aliphatic heterocycles. The number of amides is 2. The van der Waals surface area contributed by atoms with Gasteiger partial charge in [0.25, 0.3) is 11.8 Å². The van der Waals surface area contributed by atoms with Gasteiger partial charge in [0.2, 0.25) is 0 Å². The van der Waals surface area contributed by atoms with E-state index < -0.39 is 23.2 Å². The van der Waals surface area contributed by atoms with Crippen molar-refractivity contribution in [2.75, 3.05) is 18.5 Å². The number of aryl methyl sites for hydroxylation is 1. The minimum Gasteiger partial charge on any atom is -0.373 e. The van der Waals surface area contributed by atoms with Gasteiger partial charge in [-0.1, -0.05) is 29.8 Å². The van der Waals surface area contributed by atoms with Gasteiger partial charge in [-0.2, -0.15) is 13.2 Å². The van der Waals surface area contributed by atoms with Crippen LogP contribution in [0.1, 0.15) is 57.3 Å². The molecule has 1 unspecified atom stereocenters. The van der Waals surface area contributed by atoms with Gasteiger partial charge in [-0.3, -0.25) is 9.59 Å². The second kappa shape index (κ2) is 10.8. The summed E-state index contributed by atoms with van der Waals surface area (Å²) in [6.45, 7) is 5.55. The summed E-state index contributed by atoms with van der Waals surface area (Å²) in [6, 6.07) is 19.2. The predicted octanol–water partition coefficient (Wildman–Crippen LogP) is 6.57. The molecule has 5 rings (SSSR count). The van der Waals surface area contributed by atoms with Crippen LogP contribution in [0.4, 0.5) is 18.9 Å². The molecular formula is C31H30F3N3O3. The molecule has 2 N–H and O–H groups in total. The van der Waals surface area contributed by atoms with Crippen LogP contribution in [0.5, 0.6) is 0 Å². The number of carbonyl (C=O) groups excluding carboxylic acids is 2. The van der Waals surface area contributed by atoms with Crippen molar-refractivity contribution in [3.8, 4) is 0 Å². The van der Waals surface area contributed by atoms with Gasteiger partial charge in [-0.25, -0.2) is 0 Å². The van der Waals surface area contributed by atoms with E-state index in [0.29, 0.717) is 31.1 Å². The number of ether oxygens (including phenoxy) is 1. The van der Waals surface area contributed by atoms with Crippen molar-refractivity contribution in [2.24, 2.45) is 0 Å². The van der Waals surface area contributed by atoms with E-state index in [1.54, 1.807) is 18.2 Å². The summed E-state index contributed by atoms with van der Waals surface area (Å²) >= 11 is 0. The number of anilines is 1. The summed E-state index contributed by atoms with van der Waals surface area (Å²) in [5, 5.41) is 6.52. The molecule has 1 aliphatic rings. The first-order chi connectivity index (χ1) is 19.0. The molecular weight excluding hydrogens is 519 g/mol. The van der Waals surface area contributed by atoms with Gasteiger partial charge in [0.15, 0.2) is 0 Å². The Hall–Kier alpha value is -4.11. The fourth-order valence-corrected chi connectivity index (χ4v) is 5.05. The Morgan fingerprint density at radius 1 is 1.00 bits per heavy atom. The lowest BCUT2D eigenvalue weighted by atomic mass is 10.0. The molecule has 1 aromatic heterocycles. The Bertz CT molecular complexity index is 1550. The highest BCUT2D eigenvalue weighted by Gasteiger charge is 2.31. The molecule has 1 fully saturated rings. The third-order valence-corrected chi connectivity index (χ3v) is 7.21. The number of aromatic nitrogens is 1. The summed E-state index contributed by atoms with van der Waals surface area (Å²) < 4.78 is 46.4. The van der Waals surface area contributed by atoms with E-state index in [0.717, 1.165) is 59.1 Å². The first kappa shape index (κ1) is 27.5. The number of benzene rings is 3. The highest BCUT2D eigenvalue weighted by atomic mass is 19.4. The number of carbonyl (C=O) groups is 2. The lowest BCUT2D eigenvalue weighted by molar-refractivity contribution is -0.137. The summed E-state index contributed by atoms with van der Waals surface area (Å²) in [5.74, 6) is -0.758. The highest BCUT2D eigenvalue weighted by Crippen LogP contribution is 2.30. The number of halogens is 3. The van der Waals surface area contributed by atoms with Crippen LogP contribution in [0.3, 0.4) is 0 Å². The lowest BCUT2D eigenvalue weighted by Crippen LogP contribution is -2.40. The van der Waals surface area contributed by atoms with Crippen LogP contribution in [-0.4, -0.2) is 35.1 Å². The van der Waals surface area contributed by atoms with E-state index >= 15 is 0 Å². The Labute approximate surface area is 230 Å². The molecule has 6 nitrogen and oxygen atoms in total. The van der Waals surface area contributed by atoms with Crippen LogP contribution in [0.15, 0.2) is 72.8 Å². The molecule has 2 heterocycles. The molecule has 0 bridgehead atoms. The number of hydrogen-bond donors (Lipinski definition) is 2. The fourth-order valence-electron chi connectivity index (χ4n) is 5.05. The maximum absolute atomic E-state index is 13.4. The molecule has 0 radical (unpaired) electrons. The minimum absolute atomic E-state index is 0.104. The highest BCUT2D eigenvalue weighted by molar-refractivity contribution is 6.06. The number of alkyl halides is 3. The molecule has 0 spiro atoms. The number of hydrogen-bond acceptors (Lipinski definition) is 3. The molecule has 4 aromatic rings. The summed E-state index contributed by atoms with van der Waals surface area (Å²) in [7, 11) is 0. The van der Waals surface area contributed by atoms with Crippen molar-refractivity contribution in [1.82, 2.24) is 9.88 Å². The zero-order valence-corrected chi connectivity index (χ0v) is 22.3. The molecule has 2 amide bonds. The van der Waals surface area contributed by atoms with E-state index in [1.807, 2.05) is 42.7 Å². The molecule has 208 valence electrons. The summed E-state index contributed by atoms with van der Waals surface area (Å²) in [4.78, 5) is 26.1. The van der Waals surface area contributed by atoms with Crippen LogP contribution in [0.25, 0.3) is 10.9 Å². The predicted molar refractivity (Wildman–Crippen MR) is 148 cm³/mol. The zero-order valence-electron chi connectivity index (χ0n) is 22.3. The second-order valence-corrected chi connectivity index (χ2v) is 10.5. The quantitative estimate of drug-likeness (QED) is 0.274. The number of nitrogens with zero attached hydrogens (tertiary/aromatic N) is 1. The molecule has 1 atom stereocenters. The third-order valence-electron chi connectivity index (χ3n) is 7.21. The third kappa shape index (κ3) is 6.04. The van der Waals surface area contributed by atoms with Crippen LogP contribution >= 0.6 is 0 Å². The van der Waals surface area contributed by atoms with Gasteiger partial charge in [-0.15, -0.1) is 0 Å². The van der Waals surface area contributed by atoms with Crippen molar-refractivity contribution < 1.29 is 27.5 Å². The molecule has 1 saturated heterocycles. The van der Waals surface area contributed by atoms with E-state index in [4.69, 9.17) is 4.74 Å². The number of fused-ring (bicyclic) bond motifs is 1. The van der Waals surface area contributed by atoms with Gasteiger partial charge in [0.1, 0.15) is 5.69 Å². The Morgan fingerprint density at radius 3 is 2.45 bits per heavy atom. The van der Waals surface area contributed by atoms with Gasteiger partial charge in [0.05, 0.1) is 11.2 Å². The van der Waals surface area contributed by atoms with Gasteiger partial charge < -0.3 is 19.9 Å². The van der Waals surface area contributed by atoms with E-state index in [9.17, 15) is 22.8 Å². The lowest BCUT2D eigenvalue weighted by Gasteiger charge is -2.23. The largest absolute Gasteiger partial charge is 0.416 e. The average molecular weight is 550 g/mol. The fraction of sp³-hybridized carbons (Fsp3) is 0.290. The van der Waals surface area contributed by atoms with Crippen LogP contribution in [0, 0.1) is 6.92 Å². The average Bonchev–Trinajstić information content (AvgIpc) is 3.51. The van der Waals surface area contributed by atoms with Gasteiger partial charge >= 0.3 is 6.18 Å². The van der Waals surface area contributed by atoms with Crippen molar-refractivity contribution in [1.29, 1.82) is 0 Å². The molecule has 3 aromatic carbocycles. The first-order valence-electron chi connectivity index (χ1n) is 13.1. The van der Waals surface area contributed by atoms with Gasteiger partial charge in [-0.05, 0) is 80.8 Å². The van der Waals surface area contributed by atoms with Crippen molar-refractivity contribution in [3.63, 3.8) is 0 Å². The maximum Gasteiger partial charge on any atom is 0.416 e. The Balaban J connectivity index is 1.42. The monoisotopic (exact) mass is 549 g/mol. The molecule has 40 heavy (non-hydrogen) atoms. The van der Waals surface area contributed by atoms with Crippen LogP contribution < -0.4 is 10.6 Å². The minimum atomic E-state index is -4.47. The van der Waals surface area contributed by atoms with Gasteiger partial charge in [0, 0.05) is 41.9 Å². The summed E-state index contributed by atoms with van der Waals surface area (Å²) in [5.41, 5.74) is 2.79. The topological polar surface area (TPSA) is 72.4 Å². The number of rotatable bonds is 7. The van der Waals surface area contributed by atoms with Crippen molar-refractivity contribution in [2.45, 2.75) is 45.0 Å². The van der Waals surface area contributed by atoms with Crippen molar-refractivity contribution >= 4 is 28.4 Å². The molecule has 0 aliphatic carbocycles. The smallest absolute Gasteiger partial charge is 0.373 e. The maximum atomic E-state index is 13.4. The molecule has 9 heteroatoms.